The van der Waals surface area contributed by atoms with E-state index in [0.717, 1.165) is 19.4 Å². The number of hydrogen-bond donors (Lipinski definition) is 2. The normalized spacial score (nSPS) is 12.7. The molecule has 0 saturated heterocycles. The Balaban J connectivity index is 2.31. The molecule has 4 nitrogen and oxygen atoms in total. The number of ether oxygens (including phenoxy) is 1. The highest BCUT2D eigenvalue weighted by molar-refractivity contribution is 5.67. The number of carbonyl (C=O) groups is 1. The molecular weight excluding hydrogens is 300 g/mol. The standard InChI is InChI=1S/C20H34N2O2/c1-5-6-8-14-18(17-12-9-7-10-13-17)21-15-11-16-22-19(23)24-20(2,3)4/h7,9-10,12-13,18,21H,5-6,8,11,14-16H2,1-4H3,(H,22,23). The van der Waals surface area contributed by atoms with Crippen molar-refractivity contribution in [1.29, 1.82) is 0 Å². The van der Waals surface area contributed by atoms with Gasteiger partial charge in [-0.3, -0.25) is 0 Å². The van der Waals surface area contributed by atoms with Gasteiger partial charge in [0.1, 0.15) is 5.60 Å². The summed E-state index contributed by atoms with van der Waals surface area (Å²) in [6, 6.07) is 11.0. The van der Waals surface area contributed by atoms with Crippen molar-refractivity contribution in [2.24, 2.45) is 0 Å². The molecule has 0 heterocycles. The van der Waals surface area contributed by atoms with Gasteiger partial charge in [0.2, 0.25) is 0 Å². The van der Waals surface area contributed by atoms with Crippen LogP contribution < -0.4 is 10.6 Å². The number of nitrogens with one attached hydrogen (secondary N) is 2. The summed E-state index contributed by atoms with van der Waals surface area (Å²) in [6.07, 6.45) is 5.43. The van der Waals surface area contributed by atoms with Gasteiger partial charge in [-0.05, 0) is 45.7 Å². The Morgan fingerprint density at radius 1 is 1.08 bits per heavy atom. The fourth-order valence-electron chi connectivity index (χ4n) is 2.54. The van der Waals surface area contributed by atoms with Crippen LogP contribution in [-0.4, -0.2) is 24.8 Å². The molecule has 1 aromatic rings. The Morgan fingerprint density at radius 3 is 2.42 bits per heavy atom. The van der Waals surface area contributed by atoms with E-state index in [4.69, 9.17) is 4.74 Å². The van der Waals surface area contributed by atoms with Gasteiger partial charge in [-0.25, -0.2) is 4.79 Å². The predicted octanol–water partition coefficient (Wildman–Crippen LogP) is 4.81. The van der Waals surface area contributed by atoms with Gasteiger partial charge in [0.05, 0.1) is 0 Å². The van der Waals surface area contributed by atoms with E-state index in [-0.39, 0.29) is 6.09 Å². The SMILES string of the molecule is CCCCCC(NCCCNC(=O)OC(C)(C)C)c1ccccc1. The molecule has 0 fully saturated rings. The minimum absolute atomic E-state index is 0.343. The highest BCUT2D eigenvalue weighted by Crippen LogP contribution is 2.19. The Labute approximate surface area is 147 Å². The van der Waals surface area contributed by atoms with Gasteiger partial charge in [-0.1, -0.05) is 56.5 Å². The van der Waals surface area contributed by atoms with Gasteiger partial charge in [-0.15, -0.1) is 0 Å². The van der Waals surface area contributed by atoms with E-state index >= 15 is 0 Å². The van der Waals surface area contributed by atoms with Crippen molar-refractivity contribution in [2.75, 3.05) is 13.1 Å². The number of benzene rings is 1. The molecule has 1 rings (SSSR count). The van der Waals surface area contributed by atoms with Gasteiger partial charge >= 0.3 is 6.09 Å². The number of hydrogen-bond acceptors (Lipinski definition) is 3. The third kappa shape index (κ3) is 9.56. The highest BCUT2D eigenvalue weighted by Gasteiger charge is 2.15. The third-order valence-corrected chi connectivity index (χ3v) is 3.71. The molecule has 0 aromatic heterocycles. The Morgan fingerprint density at radius 2 is 1.79 bits per heavy atom. The summed E-state index contributed by atoms with van der Waals surface area (Å²) in [4.78, 5) is 11.6. The second kappa shape index (κ2) is 11.1. The summed E-state index contributed by atoms with van der Waals surface area (Å²) in [5, 5.41) is 6.43. The van der Waals surface area contributed by atoms with Crippen LogP contribution in [0.4, 0.5) is 4.79 Å². The van der Waals surface area contributed by atoms with Gasteiger partial charge in [0.25, 0.3) is 0 Å². The van der Waals surface area contributed by atoms with Crippen LogP contribution in [0.3, 0.4) is 0 Å². The second-order valence-corrected chi connectivity index (χ2v) is 7.20. The van der Waals surface area contributed by atoms with E-state index in [1.807, 2.05) is 20.8 Å². The fraction of sp³-hybridized carbons (Fsp3) is 0.650. The molecule has 1 aromatic carbocycles. The Bertz CT molecular complexity index is 454. The first-order valence-electron chi connectivity index (χ1n) is 9.17. The maximum atomic E-state index is 11.6. The molecule has 0 saturated carbocycles. The van der Waals surface area contributed by atoms with Crippen LogP contribution >= 0.6 is 0 Å². The summed E-state index contributed by atoms with van der Waals surface area (Å²) >= 11 is 0. The maximum Gasteiger partial charge on any atom is 0.407 e. The highest BCUT2D eigenvalue weighted by atomic mass is 16.6. The van der Waals surface area contributed by atoms with Crippen molar-refractivity contribution in [2.45, 2.75) is 71.4 Å². The Kier molecular flexibility index (Phi) is 9.46. The van der Waals surface area contributed by atoms with E-state index in [1.165, 1.54) is 24.8 Å². The lowest BCUT2D eigenvalue weighted by molar-refractivity contribution is 0.0527. The molecule has 0 radical (unpaired) electrons. The average Bonchev–Trinajstić information content (AvgIpc) is 2.52. The zero-order chi connectivity index (χ0) is 17.8. The van der Waals surface area contributed by atoms with E-state index < -0.39 is 5.60 Å². The summed E-state index contributed by atoms with van der Waals surface area (Å²) in [5.74, 6) is 0. The maximum absolute atomic E-state index is 11.6. The topological polar surface area (TPSA) is 50.4 Å². The number of unbranched alkanes of at least 4 members (excludes halogenated alkanes) is 2. The number of carbonyl (C=O) groups excluding carboxylic acids is 1. The number of alkyl carbamates (subject to hydrolysis) is 1. The summed E-state index contributed by atoms with van der Waals surface area (Å²) in [5.41, 5.74) is 0.897. The molecule has 0 aliphatic carbocycles. The molecular formula is C20H34N2O2. The molecule has 1 unspecified atom stereocenters. The lowest BCUT2D eigenvalue weighted by atomic mass is 10.0. The quantitative estimate of drug-likeness (QED) is 0.604. The van der Waals surface area contributed by atoms with E-state index in [0.29, 0.717) is 12.6 Å². The van der Waals surface area contributed by atoms with Crippen molar-refractivity contribution in [3.05, 3.63) is 35.9 Å². The van der Waals surface area contributed by atoms with Gasteiger partial charge < -0.3 is 15.4 Å². The van der Waals surface area contributed by atoms with Crippen molar-refractivity contribution >= 4 is 6.09 Å². The fourth-order valence-corrected chi connectivity index (χ4v) is 2.54. The monoisotopic (exact) mass is 334 g/mol. The minimum Gasteiger partial charge on any atom is -0.444 e. The van der Waals surface area contributed by atoms with Crippen LogP contribution in [0, 0.1) is 0 Å². The van der Waals surface area contributed by atoms with Gasteiger partial charge in [0.15, 0.2) is 0 Å². The largest absolute Gasteiger partial charge is 0.444 e. The van der Waals surface area contributed by atoms with Crippen molar-refractivity contribution in [3.8, 4) is 0 Å². The lowest BCUT2D eigenvalue weighted by Crippen LogP contribution is -2.34. The smallest absolute Gasteiger partial charge is 0.407 e. The van der Waals surface area contributed by atoms with Crippen LogP contribution in [0.15, 0.2) is 30.3 Å². The predicted molar refractivity (Wildman–Crippen MR) is 100 cm³/mol. The molecule has 1 atom stereocenters. The molecule has 0 aliphatic rings. The number of rotatable bonds is 10. The van der Waals surface area contributed by atoms with E-state index in [2.05, 4.69) is 47.9 Å². The van der Waals surface area contributed by atoms with E-state index in [1.54, 1.807) is 0 Å². The van der Waals surface area contributed by atoms with Crippen LogP contribution in [-0.2, 0) is 4.74 Å². The molecule has 2 N–H and O–H groups in total. The van der Waals surface area contributed by atoms with Gasteiger partial charge in [-0.2, -0.15) is 0 Å². The zero-order valence-corrected chi connectivity index (χ0v) is 15.7. The molecule has 0 spiro atoms. The van der Waals surface area contributed by atoms with Crippen LogP contribution in [0.1, 0.15) is 71.4 Å². The number of amides is 1. The van der Waals surface area contributed by atoms with Crippen LogP contribution in [0.2, 0.25) is 0 Å². The molecule has 0 aliphatic heterocycles. The van der Waals surface area contributed by atoms with Crippen LogP contribution in [0.5, 0.6) is 0 Å². The second-order valence-electron chi connectivity index (χ2n) is 7.20. The summed E-state index contributed by atoms with van der Waals surface area (Å²) in [6.45, 7) is 9.34. The van der Waals surface area contributed by atoms with Crippen LogP contribution in [0.25, 0.3) is 0 Å². The molecule has 1 amide bonds. The first kappa shape index (κ1) is 20.5. The third-order valence-electron chi connectivity index (χ3n) is 3.71. The lowest BCUT2D eigenvalue weighted by Gasteiger charge is -2.21. The Hall–Kier alpha value is -1.55. The van der Waals surface area contributed by atoms with Crippen molar-refractivity contribution < 1.29 is 9.53 Å². The first-order chi connectivity index (χ1) is 11.4. The summed E-state index contributed by atoms with van der Waals surface area (Å²) in [7, 11) is 0. The zero-order valence-electron chi connectivity index (χ0n) is 15.7. The average molecular weight is 335 g/mol. The molecule has 4 heteroatoms. The van der Waals surface area contributed by atoms with Gasteiger partial charge in [0, 0.05) is 12.6 Å². The molecule has 136 valence electrons. The first-order valence-corrected chi connectivity index (χ1v) is 9.17. The van der Waals surface area contributed by atoms with E-state index in [9.17, 15) is 4.79 Å². The summed E-state index contributed by atoms with van der Waals surface area (Å²) < 4.78 is 5.23. The minimum atomic E-state index is -0.444. The van der Waals surface area contributed by atoms with Crippen molar-refractivity contribution in [3.63, 3.8) is 0 Å². The molecule has 24 heavy (non-hydrogen) atoms. The van der Waals surface area contributed by atoms with Crippen molar-refractivity contribution in [1.82, 2.24) is 10.6 Å². The molecule has 0 bridgehead atoms.